The number of para-hydroxylation sites is 2. The van der Waals surface area contributed by atoms with Crippen LogP contribution in [0.1, 0.15) is 35.6 Å². The van der Waals surface area contributed by atoms with Crippen LogP contribution in [0.15, 0.2) is 84.9 Å². The van der Waals surface area contributed by atoms with Crippen LogP contribution in [0.4, 0.5) is 0 Å². The Morgan fingerprint density at radius 1 is 0.895 bits per heavy atom. The van der Waals surface area contributed by atoms with E-state index < -0.39 is 0 Å². The first-order chi connectivity index (χ1) is 18.6. The maximum Gasteiger partial charge on any atom is 0.251 e. The first kappa shape index (κ1) is 25.1. The summed E-state index contributed by atoms with van der Waals surface area (Å²) < 4.78 is 18.9. The molecule has 0 bridgehead atoms. The summed E-state index contributed by atoms with van der Waals surface area (Å²) in [6.07, 6.45) is 0.788. The third kappa shape index (κ3) is 5.27. The van der Waals surface area contributed by atoms with Crippen molar-refractivity contribution in [3.63, 3.8) is 0 Å². The Hall–Kier alpha value is -4.52. The molecule has 5 aromatic rings. The molecule has 7 nitrogen and oxygen atoms in total. The number of nitrogens with zero attached hydrogens (tertiary/aromatic N) is 2. The van der Waals surface area contributed by atoms with Crippen LogP contribution in [0.2, 0.25) is 0 Å². The molecule has 1 N–H and O–H groups in total. The van der Waals surface area contributed by atoms with Gasteiger partial charge in [-0.25, -0.2) is 4.98 Å². The lowest BCUT2D eigenvalue weighted by Gasteiger charge is -2.17. The van der Waals surface area contributed by atoms with E-state index >= 15 is 0 Å². The van der Waals surface area contributed by atoms with Gasteiger partial charge in [0.25, 0.3) is 5.91 Å². The molecule has 1 aromatic heterocycles. The molecule has 0 radical (unpaired) electrons. The van der Waals surface area contributed by atoms with E-state index in [2.05, 4.69) is 40.2 Å². The Morgan fingerprint density at radius 3 is 2.47 bits per heavy atom. The van der Waals surface area contributed by atoms with Crippen LogP contribution in [-0.4, -0.2) is 36.3 Å². The lowest BCUT2D eigenvalue weighted by Crippen LogP contribution is -2.29. The van der Waals surface area contributed by atoms with E-state index in [-0.39, 0.29) is 11.9 Å². The van der Waals surface area contributed by atoms with E-state index in [0.717, 1.165) is 34.4 Å². The highest BCUT2D eigenvalue weighted by Crippen LogP contribution is 2.28. The molecule has 0 saturated heterocycles. The fourth-order valence-corrected chi connectivity index (χ4v) is 4.65. The summed E-state index contributed by atoms with van der Waals surface area (Å²) in [5, 5.41) is 5.44. The molecule has 38 heavy (non-hydrogen) atoms. The first-order valence-electron chi connectivity index (χ1n) is 12.7. The van der Waals surface area contributed by atoms with Crippen LogP contribution in [0.5, 0.6) is 17.2 Å². The van der Waals surface area contributed by atoms with Crippen LogP contribution in [0.25, 0.3) is 21.8 Å². The molecule has 0 fully saturated rings. The molecule has 0 aliphatic heterocycles. The van der Waals surface area contributed by atoms with Gasteiger partial charge in [-0.3, -0.25) is 4.79 Å². The zero-order valence-corrected chi connectivity index (χ0v) is 21.8. The van der Waals surface area contributed by atoms with Gasteiger partial charge in [-0.1, -0.05) is 42.5 Å². The highest BCUT2D eigenvalue weighted by atomic mass is 16.5. The SMILES string of the molecule is COc1ccc(C(=O)NC(C)c2nc3ccccc3n2CCCOc2ccc3ccccc3c2)cc1OC. The van der Waals surface area contributed by atoms with Gasteiger partial charge in [0.2, 0.25) is 0 Å². The van der Waals surface area contributed by atoms with Gasteiger partial charge in [-0.2, -0.15) is 0 Å². The van der Waals surface area contributed by atoms with Crippen LogP contribution in [0, 0.1) is 0 Å². The molecule has 4 aromatic carbocycles. The second-order valence-corrected chi connectivity index (χ2v) is 9.09. The van der Waals surface area contributed by atoms with Crippen molar-refractivity contribution < 1.29 is 19.0 Å². The van der Waals surface area contributed by atoms with Crippen molar-refractivity contribution in [2.45, 2.75) is 25.9 Å². The number of fused-ring (bicyclic) bond motifs is 2. The predicted molar refractivity (Wildman–Crippen MR) is 149 cm³/mol. The molecule has 7 heteroatoms. The maximum atomic E-state index is 13.1. The second-order valence-electron chi connectivity index (χ2n) is 9.09. The third-order valence-corrected chi connectivity index (χ3v) is 6.58. The van der Waals surface area contributed by atoms with Gasteiger partial charge in [-0.05, 0) is 66.6 Å². The van der Waals surface area contributed by atoms with Gasteiger partial charge in [0.1, 0.15) is 11.6 Å². The number of aryl methyl sites for hydroxylation is 1. The molecule has 5 rings (SSSR count). The minimum atomic E-state index is -0.315. The van der Waals surface area contributed by atoms with Crippen molar-refractivity contribution in [2.75, 3.05) is 20.8 Å². The molecule has 1 amide bonds. The number of nitrogens with one attached hydrogen (secondary N) is 1. The largest absolute Gasteiger partial charge is 0.494 e. The maximum absolute atomic E-state index is 13.1. The number of carbonyl (C=O) groups is 1. The average Bonchev–Trinajstić information content (AvgIpc) is 3.33. The topological polar surface area (TPSA) is 74.6 Å². The summed E-state index contributed by atoms with van der Waals surface area (Å²) in [5.74, 6) is 2.52. The Kier molecular flexibility index (Phi) is 7.45. The number of hydrogen-bond donors (Lipinski definition) is 1. The highest BCUT2D eigenvalue weighted by molar-refractivity contribution is 5.95. The monoisotopic (exact) mass is 509 g/mol. The molecule has 1 unspecified atom stereocenters. The van der Waals surface area contributed by atoms with Crippen LogP contribution >= 0.6 is 0 Å². The summed E-state index contributed by atoms with van der Waals surface area (Å²) in [7, 11) is 3.12. The van der Waals surface area contributed by atoms with E-state index in [1.807, 2.05) is 43.3 Å². The number of benzene rings is 4. The smallest absolute Gasteiger partial charge is 0.251 e. The minimum absolute atomic E-state index is 0.211. The molecule has 0 aliphatic rings. The summed E-state index contributed by atoms with van der Waals surface area (Å²) in [4.78, 5) is 17.9. The Labute approximate surface area is 222 Å². The Balaban J connectivity index is 1.29. The normalized spacial score (nSPS) is 11.9. The van der Waals surface area contributed by atoms with Crippen LogP contribution < -0.4 is 19.5 Å². The molecule has 0 spiro atoms. The second kappa shape index (κ2) is 11.3. The predicted octanol–water partition coefficient (Wildman–Crippen LogP) is 6.17. The fourth-order valence-electron chi connectivity index (χ4n) is 4.65. The van der Waals surface area contributed by atoms with Gasteiger partial charge < -0.3 is 24.1 Å². The summed E-state index contributed by atoms with van der Waals surface area (Å²) >= 11 is 0. The molecular weight excluding hydrogens is 478 g/mol. The summed E-state index contributed by atoms with van der Waals surface area (Å²) in [5.41, 5.74) is 2.41. The zero-order chi connectivity index (χ0) is 26.5. The number of carbonyl (C=O) groups excluding carboxylic acids is 1. The number of aromatic nitrogens is 2. The van der Waals surface area contributed by atoms with Crippen molar-refractivity contribution in [2.24, 2.45) is 0 Å². The van der Waals surface area contributed by atoms with E-state index in [1.165, 1.54) is 5.39 Å². The number of rotatable bonds is 10. The molecule has 0 aliphatic carbocycles. The summed E-state index contributed by atoms with van der Waals surface area (Å²) in [6, 6.07) is 27.2. The number of methoxy groups -OCH3 is 2. The van der Waals surface area contributed by atoms with E-state index in [1.54, 1.807) is 32.4 Å². The van der Waals surface area contributed by atoms with E-state index in [9.17, 15) is 4.79 Å². The van der Waals surface area contributed by atoms with Gasteiger partial charge in [0.15, 0.2) is 11.5 Å². The zero-order valence-electron chi connectivity index (χ0n) is 21.8. The van der Waals surface area contributed by atoms with Crippen molar-refractivity contribution in [3.8, 4) is 17.2 Å². The average molecular weight is 510 g/mol. The number of imidazole rings is 1. The molecule has 0 saturated carbocycles. The lowest BCUT2D eigenvalue weighted by molar-refractivity contribution is 0.0937. The van der Waals surface area contributed by atoms with Gasteiger partial charge in [0, 0.05) is 12.1 Å². The number of ether oxygens (including phenoxy) is 3. The van der Waals surface area contributed by atoms with Crippen molar-refractivity contribution in [1.82, 2.24) is 14.9 Å². The Morgan fingerprint density at radius 2 is 1.66 bits per heavy atom. The van der Waals surface area contributed by atoms with Gasteiger partial charge in [-0.15, -0.1) is 0 Å². The summed E-state index contributed by atoms with van der Waals surface area (Å²) in [6.45, 7) is 3.22. The van der Waals surface area contributed by atoms with Gasteiger partial charge >= 0.3 is 0 Å². The fraction of sp³-hybridized carbons (Fsp3) is 0.226. The number of amides is 1. The van der Waals surface area contributed by atoms with Crippen molar-refractivity contribution in [1.29, 1.82) is 0 Å². The minimum Gasteiger partial charge on any atom is -0.494 e. The molecule has 1 heterocycles. The van der Waals surface area contributed by atoms with E-state index in [4.69, 9.17) is 19.2 Å². The van der Waals surface area contributed by atoms with Gasteiger partial charge in [0.05, 0.1) is 37.9 Å². The molecule has 194 valence electrons. The quantitative estimate of drug-likeness (QED) is 0.228. The third-order valence-electron chi connectivity index (χ3n) is 6.58. The molecule has 1 atom stereocenters. The van der Waals surface area contributed by atoms with E-state index in [0.29, 0.717) is 30.2 Å². The van der Waals surface area contributed by atoms with Crippen LogP contribution in [0.3, 0.4) is 0 Å². The lowest BCUT2D eigenvalue weighted by atomic mass is 10.1. The van der Waals surface area contributed by atoms with Crippen molar-refractivity contribution in [3.05, 3.63) is 96.3 Å². The van der Waals surface area contributed by atoms with Crippen LogP contribution in [-0.2, 0) is 6.54 Å². The first-order valence-corrected chi connectivity index (χ1v) is 12.7. The standard InChI is InChI=1S/C31H31N3O4/c1-21(32-31(35)24-14-16-28(36-2)29(20-24)37-3)30-33-26-11-6-7-12-27(26)34(30)17-8-18-38-25-15-13-22-9-4-5-10-23(22)19-25/h4-7,9-16,19-21H,8,17-18H2,1-3H3,(H,32,35). The van der Waals surface area contributed by atoms with Crippen molar-refractivity contribution >= 4 is 27.7 Å². The Bertz CT molecular complexity index is 1580. The molecular formula is C31H31N3O4. The highest BCUT2D eigenvalue weighted by Gasteiger charge is 2.20. The number of hydrogen-bond acceptors (Lipinski definition) is 5.